The molecular weight excluding hydrogens is 206 g/mol. The summed E-state index contributed by atoms with van der Waals surface area (Å²) >= 11 is 0. The Labute approximate surface area is 95.5 Å². The summed E-state index contributed by atoms with van der Waals surface area (Å²) in [6.07, 6.45) is 0. The van der Waals surface area contributed by atoms with Gasteiger partial charge in [-0.3, -0.25) is 4.90 Å². The third kappa shape index (κ3) is 5.48. The normalized spacial score (nSPS) is 10.6. The molecule has 0 radical (unpaired) electrons. The second-order valence-electron chi connectivity index (χ2n) is 3.67. The molecule has 1 aromatic rings. The lowest BCUT2D eigenvalue weighted by Crippen LogP contribution is -2.23. The van der Waals surface area contributed by atoms with E-state index in [1.165, 1.54) is 5.56 Å². The highest BCUT2D eigenvalue weighted by molar-refractivity contribution is 5.67. The van der Waals surface area contributed by atoms with Gasteiger partial charge in [0.05, 0.1) is 6.61 Å². The van der Waals surface area contributed by atoms with Crippen molar-refractivity contribution < 1.29 is 14.6 Å². The predicted molar refractivity (Wildman–Crippen MR) is 61.2 cm³/mol. The summed E-state index contributed by atoms with van der Waals surface area (Å²) in [4.78, 5) is 12.3. The molecule has 0 aliphatic carbocycles. The molecule has 0 aromatic heterocycles. The molecule has 0 saturated carbocycles. The topological polar surface area (TPSA) is 49.8 Å². The van der Waals surface area contributed by atoms with Crippen LogP contribution in [0.1, 0.15) is 5.56 Å². The Hall–Kier alpha value is -1.39. The fourth-order valence-corrected chi connectivity index (χ4v) is 1.35. The fourth-order valence-electron chi connectivity index (χ4n) is 1.35. The molecule has 0 aliphatic heterocycles. The van der Waals surface area contributed by atoms with Crippen molar-refractivity contribution in [1.82, 2.24) is 4.90 Å². The SMILES string of the molecule is CN(CCOCC(=O)O)Cc1ccccc1. The first-order chi connectivity index (χ1) is 7.68. The Balaban J connectivity index is 2.16. The first-order valence-corrected chi connectivity index (χ1v) is 5.20. The lowest BCUT2D eigenvalue weighted by molar-refractivity contribution is -0.142. The van der Waals surface area contributed by atoms with Gasteiger partial charge in [-0.1, -0.05) is 30.3 Å². The summed E-state index contributed by atoms with van der Waals surface area (Å²) in [5, 5.41) is 8.38. The minimum Gasteiger partial charge on any atom is -0.480 e. The lowest BCUT2D eigenvalue weighted by Gasteiger charge is -2.16. The molecule has 0 bridgehead atoms. The Kier molecular flexibility index (Phi) is 5.53. The van der Waals surface area contributed by atoms with Crippen molar-refractivity contribution in [3.05, 3.63) is 35.9 Å². The van der Waals surface area contributed by atoms with Crippen molar-refractivity contribution in [2.75, 3.05) is 26.8 Å². The molecule has 0 atom stereocenters. The predicted octanol–water partition coefficient (Wildman–Crippen LogP) is 1.22. The Morgan fingerprint density at radius 1 is 1.38 bits per heavy atom. The van der Waals surface area contributed by atoms with Crippen molar-refractivity contribution >= 4 is 5.97 Å². The van der Waals surface area contributed by atoms with Gasteiger partial charge in [0, 0.05) is 13.1 Å². The molecule has 0 amide bonds. The van der Waals surface area contributed by atoms with Gasteiger partial charge in [0.1, 0.15) is 6.61 Å². The molecule has 4 nitrogen and oxygen atoms in total. The van der Waals surface area contributed by atoms with E-state index in [1.54, 1.807) is 0 Å². The van der Waals surface area contributed by atoms with Crippen LogP contribution in [-0.4, -0.2) is 42.8 Å². The number of likely N-dealkylation sites (N-methyl/N-ethyl adjacent to an activating group) is 1. The van der Waals surface area contributed by atoms with Crippen molar-refractivity contribution in [2.45, 2.75) is 6.54 Å². The van der Waals surface area contributed by atoms with E-state index in [4.69, 9.17) is 9.84 Å². The van der Waals surface area contributed by atoms with Crippen molar-refractivity contribution in [1.29, 1.82) is 0 Å². The van der Waals surface area contributed by atoms with Gasteiger partial charge in [0.2, 0.25) is 0 Å². The average Bonchev–Trinajstić information content (AvgIpc) is 2.25. The van der Waals surface area contributed by atoms with Crippen LogP contribution in [0.3, 0.4) is 0 Å². The summed E-state index contributed by atoms with van der Waals surface area (Å²) in [6, 6.07) is 10.1. The zero-order valence-corrected chi connectivity index (χ0v) is 9.43. The summed E-state index contributed by atoms with van der Waals surface area (Å²) in [7, 11) is 1.98. The van der Waals surface area contributed by atoms with E-state index < -0.39 is 5.97 Å². The Morgan fingerprint density at radius 2 is 2.06 bits per heavy atom. The minimum atomic E-state index is -0.925. The van der Waals surface area contributed by atoms with E-state index >= 15 is 0 Å². The number of nitrogens with zero attached hydrogens (tertiary/aromatic N) is 1. The summed E-state index contributed by atoms with van der Waals surface area (Å²) < 4.78 is 4.96. The number of carbonyl (C=O) groups is 1. The molecule has 1 rings (SSSR count). The highest BCUT2D eigenvalue weighted by atomic mass is 16.5. The van der Waals surface area contributed by atoms with Gasteiger partial charge in [-0.15, -0.1) is 0 Å². The summed E-state index contributed by atoms with van der Waals surface area (Å²) in [6.45, 7) is 1.79. The maximum atomic E-state index is 10.2. The smallest absolute Gasteiger partial charge is 0.329 e. The van der Waals surface area contributed by atoms with E-state index in [0.717, 1.165) is 13.1 Å². The van der Waals surface area contributed by atoms with Crippen LogP contribution in [0.4, 0.5) is 0 Å². The van der Waals surface area contributed by atoms with E-state index in [0.29, 0.717) is 6.61 Å². The van der Waals surface area contributed by atoms with Gasteiger partial charge in [-0.05, 0) is 12.6 Å². The Morgan fingerprint density at radius 3 is 2.69 bits per heavy atom. The molecular formula is C12H17NO3. The molecule has 4 heteroatoms. The van der Waals surface area contributed by atoms with Crippen molar-refractivity contribution in [3.8, 4) is 0 Å². The van der Waals surface area contributed by atoms with Crippen LogP contribution in [0.2, 0.25) is 0 Å². The van der Waals surface area contributed by atoms with E-state index in [1.807, 2.05) is 25.2 Å². The number of hydrogen-bond acceptors (Lipinski definition) is 3. The first kappa shape index (κ1) is 12.7. The number of benzene rings is 1. The number of carboxylic acids is 1. The molecule has 0 unspecified atom stereocenters. The quantitative estimate of drug-likeness (QED) is 0.706. The van der Waals surface area contributed by atoms with Gasteiger partial charge < -0.3 is 9.84 Å². The van der Waals surface area contributed by atoms with E-state index in [9.17, 15) is 4.79 Å². The van der Waals surface area contributed by atoms with Crippen LogP contribution >= 0.6 is 0 Å². The van der Waals surface area contributed by atoms with Crippen molar-refractivity contribution in [2.24, 2.45) is 0 Å². The third-order valence-electron chi connectivity index (χ3n) is 2.14. The molecule has 1 N–H and O–H groups in total. The lowest BCUT2D eigenvalue weighted by atomic mass is 10.2. The highest BCUT2D eigenvalue weighted by Crippen LogP contribution is 2.01. The number of aliphatic carboxylic acids is 1. The average molecular weight is 223 g/mol. The zero-order valence-electron chi connectivity index (χ0n) is 9.43. The van der Waals surface area contributed by atoms with E-state index in [-0.39, 0.29) is 6.61 Å². The monoisotopic (exact) mass is 223 g/mol. The number of rotatable bonds is 7. The third-order valence-corrected chi connectivity index (χ3v) is 2.14. The zero-order chi connectivity index (χ0) is 11.8. The van der Waals surface area contributed by atoms with Gasteiger partial charge in [-0.2, -0.15) is 0 Å². The second kappa shape index (κ2) is 6.98. The molecule has 88 valence electrons. The molecule has 0 saturated heterocycles. The van der Waals surface area contributed by atoms with Crippen LogP contribution in [0.25, 0.3) is 0 Å². The minimum absolute atomic E-state index is 0.223. The molecule has 0 aliphatic rings. The van der Waals surface area contributed by atoms with Gasteiger partial charge in [-0.25, -0.2) is 4.79 Å². The first-order valence-electron chi connectivity index (χ1n) is 5.20. The molecule has 0 spiro atoms. The number of hydrogen-bond donors (Lipinski definition) is 1. The molecule has 0 heterocycles. The van der Waals surface area contributed by atoms with Gasteiger partial charge in [0.15, 0.2) is 0 Å². The van der Waals surface area contributed by atoms with Gasteiger partial charge >= 0.3 is 5.97 Å². The standard InChI is InChI=1S/C12H17NO3/c1-13(7-8-16-10-12(14)15)9-11-5-3-2-4-6-11/h2-6H,7-10H2,1H3,(H,14,15). The molecule has 16 heavy (non-hydrogen) atoms. The summed E-state index contributed by atoms with van der Waals surface area (Å²) in [5.74, 6) is -0.925. The number of ether oxygens (including phenoxy) is 1. The van der Waals surface area contributed by atoms with E-state index in [2.05, 4.69) is 17.0 Å². The van der Waals surface area contributed by atoms with Crippen LogP contribution in [0.15, 0.2) is 30.3 Å². The van der Waals surface area contributed by atoms with Crippen LogP contribution < -0.4 is 0 Å². The number of carboxylic acid groups (broad SMARTS) is 1. The maximum Gasteiger partial charge on any atom is 0.329 e. The van der Waals surface area contributed by atoms with Crippen LogP contribution in [0, 0.1) is 0 Å². The van der Waals surface area contributed by atoms with Crippen LogP contribution in [-0.2, 0) is 16.1 Å². The maximum absolute atomic E-state index is 10.2. The van der Waals surface area contributed by atoms with Crippen molar-refractivity contribution in [3.63, 3.8) is 0 Å². The molecule has 0 fully saturated rings. The highest BCUT2D eigenvalue weighted by Gasteiger charge is 2.01. The Bertz CT molecular complexity index is 313. The van der Waals surface area contributed by atoms with Crippen LogP contribution in [0.5, 0.6) is 0 Å². The molecule has 1 aromatic carbocycles. The fraction of sp³-hybridized carbons (Fsp3) is 0.417. The second-order valence-corrected chi connectivity index (χ2v) is 3.67. The largest absolute Gasteiger partial charge is 0.480 e. The summed E-state index contributed by atoms with van der Waals surface area (Å²) in [5.41, 5.74) is 1.24. The van der Waals surface area contributed by atoms with Gasteiger partial charge in [0.25, 0.3) is 0 Å².